The molecular formula is C12H13BrN2O5S. The van der Waals surface area contributed by atoms with Crippen LogP contribution < -0.4 is 5.32 Å². The zero-order chi connectivity index (χ0) is 16.0. The van der Waals surface area contributed by atoms with Gasteiger partial charge in [-0.05, 0) is 6.07 Å². The maximum absolute atomic E-state index is 11.0. The molecule has 0 radical (unpaired) electrons. The number of halogens is 1. The first-order valence-corrected chi connectivity index (χ1v) is 7.76. The summed E-state index contributed by atoms with van der Waals surface area (Å²) in [5.74, 6) is -1.16. The van der Waals surface area contributed by atoms with Crippen LogP contribution in [0.15, 0.2) is 22.7 Å². The van der Waals surface area contributed by atoms with Crippen molar-refractivity contribution >= 4 is 45.3 Å². The number of hydrogen-bond donors (Lipinski definition) is 2. The van der Waals surface area contributed by atoms with Gasteiger partial charge < -0.3 is 10.4 Å². The molecule has 0 heterocycles. The molecule has 7 nitrogen and oxygen atoms in total. The smallest absolute Gasteiger partial charge is 0.327 e. The van der Waals surface area contributed by atoms with Crippen LogP contribution >= 0.6 is 27.7 Å². The van der Waals surface area contributed by atoms with E-state index in [-0.39, 0.29) is 17.2 Å². The number of nitrogens with one attached hydrogen (secondary N) is 1. The van der Waals surface area contributed by atoms with Gasteiger partial charge in [0.05, 0.1) is 4.92 Å². The highest BCUT2D eigenvalue weighted by atomic mass is 79.9. The molecule has 9 heteroatoms. The quantitative estimate of drug-likeness (QED) is 0.557. The number of aliphatic carboxylic acids is 1. The maximum Gasteiger partial charge on any atom is 0.327 e. The number of nitro groups is 1. The van der Waals surface area contributed by atoms with Crippen molar-refractivity contribution in [1.29, 1.82) is 0 Å². The summed E-state index contributed by atoms with van der Waals surface area (Å²) < 4.78 is 0.601. The number of nitrogens with zero attached hydrogens (tertiary/aromatic N) is 1. The Kier molecular flexibility index (Phi) is 6.63. The predicted molar refractivity (Wildman–Crippen MR) is 82.2 cm³/mol. The molecule has 1 amide bonds. The molecule has 0 fully saturated rings. The summed E-state index contributed by atoms with van der Waals surface area (Å²) in [4.78, 5) is 32.3. The molecule has 0 saturated carbocycles. The lowest BCUT2D eigenvalue weighted by molar-refractivity contribution is -0.385. The van der Waals surface area contributed by atoms with Crippen molar-refractivity contribution in [2.75, 3.05) is 5.75 Å². The molecule has 1 atom stereocenters. The van der Waals surface area contributed by atoms with E-state index in [1.807, 2.05) is 0 Å². The molecule has 1 rings (SSSR count). The van der Waals surface area contributed by atoms with E-state index in [9.17, 15) is 19.7 Å². The summed E-state index contributed by atoms with van der Waals surface area (Å²) in [5.41, 5.74) is 0.475. The third kappa shape index (κ3) is 5.72. The zero-order valence-corrected chi connectivity index (χ0v) is 13.4. The number of carbonyl (C=O) groups is 2. The van der Waals surface area contributed by atoms with Gasteiger partial charge >= 0.3 is 5.97 Å². The summed E-state index contributed by atoms with van der Waals surface area (Å²) in [6.45, 7) is 1.24. The average molecular weight is 377 g/mol. The Hall–Kier alpha value is -1.61. The van der Waals surface area contributed by atoms with E-state index in [1.165, 1.54) is 24.8 Å². The minimum Gasteiger partial charge on any atom is -0.480 e. The molecule has 0 aliphatic heterocycles. The molecule has 21 heavy (non-hydrogen) atoms. The third-order valence-electron chi connectivity index (χ3n) is 2.46. The van der Waals surface area contributed by atoms with Crippen molar-refractivity contribution in [2.24, 2.45) is 0 Å². The fraction of sp³-hybridized carbons (Fsp3) is 0.333. The minimum atomic E-state index is -1.14. The van der Waals surface area contributed by atoms with Crippen LogP contribution in [0.25, 0.3) is 0 Å². The van der Waals surface area contributed by atoms with Gasteiger partial charge in [0.15, 0.2) is 0 Å². The molecule has 1 unspecified atom stereocenters. The number of carboxylic acids is 1. The molecular weight excluding hydrogens is 364 g/mol. The number of carbonyl (C=O) groups excluding carboxylic acids is 1. The number of thioether (sulfide) groups is 1. The summed E-state index contributed by atoms with van der Waals surface area (Å²) in [6, 6.07) is 3.69. The lowest BCUT2D eigenvalue weighted by Gasteiger charge is -2.12. The molecule has 0 aromatic heterocycles. The second-order valence-electron chi connectivity index (χ2n) is 4.14. The first kappa shape index (κ1) is 17.4. The number of benzene rings is 1. The van der Waals surface area contributed by atoms with Crippen LogP contribution in [0.4, 0.5) is 5.69 Å². The highest BCUT2D eigenvalue weighted by Gasteiger charge is 2.19. The Balaban J connectivity index is 2.69. The van der Waals surface area contributed by atoms with E-state index in [2.05, 4.69) is 21.2 Å². The lowest BCUT2D eigenvalue weighted by atomic mass is 10.2. The molecule has 0 saturated heterocycles. The summed E-state index contributed by atoms with van der Waals surface area (Å²) >= 11 is 4.37. The fourth-order valence-corrected chi connectivity index (χ4v) is 2.93. The van der Waals surface area contributed by atoms with Gasteiger partial charge in [-0.2, -0.15) is 11.8 Å². The average Bonchev–Trinajstić information content (AvgIpc) is 2.38. The van der Waals surface area contributed by atoms with Gasteiger partial charge in [-0.15, -0.1) is 0 Å². The van der Waals surface area contributed by atoms with Gasteiger partial charge in [-0.25, -0.2) is 4.79 Å². The molecule has 0 aliphatic carbocycles. The monoisotopic (exact) mass is 376 g/mol. The highest BCUT2D eigenvalue weighted by Crippen LogP contribution is 2.27. The van der Waals surface area contributed by atoms with Gasteiger partial charge in [0.25, 0.3) is 5.69 Å². The second kappa shape index (κ2) is 7.99. The SMILES string of the molecule is CC(=O)NC(CSCc1ccc(Br)cc1[N+](=O)[O-])C(=O)O. The highest BCUT2D eigenvalue weighted by molar-refractivity contribution is 9.10. The van der Waals surface area contributed by atoms with E-state index in [0.717, 1.165) is 0 Å². The van der Waals surface area contributed by atoms with Gasteiger partial charge in [0.1, 0.15) is 6.04 Å². The van der Waals surface area contributed by atoms with E-state index < -0.39 is 22.8 Å². The second-order valence-corrected chi connectivity index (χ2v) is 6.08. The fourth-order valence-electron chi connectivity index (χ4n) is 1.54. The molecule has 1 aromatic rings. The number of amides is 1. The molecule has 1 aromatic carbocycles. The summed E-state index contributed by atoms with van der Waals surface area (Å²) in [7, 11) is 0. The molecule has 0 spiro atoms. The standard InChI is InChI=1S/C12H13BrN2O5S/c1-7(16)14-10(12(17)18)6-21-5-8-2-3-9(13)4-11(8)15(19)20/h2-4,10H,5-6H2,1H3,(H,14,16)(H,17,18). The zero-order valence-electron chi connectivity index (χ0n) is 11.0. The van der Waals surface area contributed by atoms with Crippen molar-refractivity contribution in [3.8, 4) is 0 Å². The molecule has 2 N–H and O–H groups in total. The normalized spacial score (nSPS) is 11.7. The van der Waals surface area contributed by atoms with Crippen molar-refractivity contribution in [2.45, 2.75) is 18.7 Å². The third-order valence-corrected chi connectivity index (χ3v) is 4.04. The Morgan fingerprint density at radius 1 is 1.52 bits per heavy atom. The lowest BCUT2D eigenvalue weighted by Crippen LogP contribution is -2.41. The van der Waals surface area contributed by atoms with Crippen LogP contribution in [-0.4, -0.2) is 33.7 Å². The minimum absolute atomic E-state index is 0.0247. The Morgan fingerprint density at radius 2 is 2.19 bits per heavy atom. The molecule has 114 valence electrons. The van der Waals surface area contributed by atoms with Crippen molar-refractivity contribution in [3.05, 3.63) is 38.3 Å². The van der Waals surface area contributed by atoms with Crippen molar-refractivity contribution in [3.63, 3.8) is 0 Å². The van der Waals surface area contributed by atoms with Crippen LogP contribution in [0.3, 0.4) is 0 Å². The van der Waals surface area contributed by atoms with Gasteiger partial charge in [-0.1, -0.05) is 22.0 Å². The van der Waals surface area contributed by atoms with Crippen molar-refractivity contribution in [1.82, 2.24) is 5.32 Å². The largest absolute Gasteiger partial charge is 0.480 e. The first-order valence-electron chi connectivity index (χ1n) is 5.81. The molecule has 0 aliphatic rings. The van der Waals surface area contributed by atoms with Gasteiger partial charge in [-0.3, -0.25) is 14.9 Å². The Labute approximate surface area is 133 Å². The van der Waals surface area contributed by atoms with Crippen LogP contribution in [0.1, 0.15) is 12.5 Å². The Morgan fingerprint density at radius 3 is 2.71 bits per heavy atom. The number of nitro benzene ring substituents is 1. The first-order chi connectivity index (χ1) is 9.81. The van der Waals surface area contributed by atoms with E-state index in [1.54, 1.807) is 12.1 Å². The number of rotatable bonds is 7. The van der Waals surface area contributed by atoms with Gasteiger partial charge in [0.2, 0.25) is 5.91 Å². The summed E-state index contributed by atoms with van der Waals surface area (Å²) in [5, 5.41) is 22.2. The van der Waals surface area contributed by atoms with Gasteiger partial charge in [0, 0.05) is 34.5 Å². The summed E-state index contributed by atoms with van der Waals surface area (Å²) in [6.07, 6.45) is 0. The van der Waals surface area contributed by atoms with Crippen LogP contribution in [-0.2, 0) is 15.3 Å². The van der Waals surface area contributed by atoms with E-state index >= 15 is 0 Å². The molecule has 0 bridgehead atoms. The number of hydrogen-bond acceptors (Lipinski definition) is 5. The van der Waals surface area contributed by atoms with Crippen LogP contribution in [0.2, 0.25) is 0 Å². The van der Waals surface area contributed by atoms with E-state index in [4.69, 9.17) is 5.11 Å². The number of carboxylic acid groups (broad SMARTS) is 1. The predicted octanol–water partition coefficient (Wildman–Crippen LogP) is 2.18. The maximum atomic E-state index is 11.0. The van der Waals surface area contributed by atoms with Crippen LogP contribution in [0, 0.1) is 10.1 Å². The van der Waals surface area contributed by atoms with Crippen molar-refractivity contribution < 1.29 is 19.6 Å². The topological polar surface area (TPSA) is 110 Å². The Bertz CT molecular complexity index is 567. The van der Waals surface area contributed by atoms with Crippen LogP contribution in [0.5, 0.6) is 0 Å². The van der Waals surface area contributed by atoms with E-state index in [0.29, 0.717) is 10.0 Å².